The lowest BCUT2D eigenvalue weighted by atomic mass is 9.88. The van der Waals surface area contributed by atoms with Gasteiger partial charge in [0.25, 0.3) is 11.8 Å². The number of nitrogens with one attached hydrogen (secondary N) is 2. The Balaban J connectivity index is 1.34. The van der Waals surface area contributed by atoms with Crippen molar-refractivity contribution >= 4 is 34.1 Å². The number of thiophene rings is 1. The molecule has 3 unspecified atom stereocenters. The van der Waals surface area contributed by atoms with E-state index < -0.39 is 18.2 Å². The zero-order valence-corrected chi connectivity index (χ0v) is 26.5. The van der Waals surface area contributed by atoms with E-state index in [9.17, 15) is 14.4 Å². The number of anilines is 1. The average Bonchev–Trinajstić information content (AvgIpc) is 3.36. The number of ether oxygens (including phenoxy) is 3. The van der Waals surface area contributed by atoms with Crippen molar-refractivity contribution in [2.24, 2.45) is 5.92 Å². The van der Waals surface area contributed by atoms with Gasteiger partial charge in [0, 0.05) is 4.88 Å². The number of carbonyl (C=O) groups is 3. The molecule has 1 aliphatic carbocycles. The molecule has 0 aliphatic heterocycles. The number of esters is 1. The van der Waals surface area contributed by atoms with Crippen LogP contribution in [-0.4, -0.2) is 43.1 Å². The summed E-state index contributed by atoms with van der Waals surface area (Å²) < 4.78 is 16.9. The summed E-state index contributed by atoms with van der Waals surface area (Å²) in [5.41, 5.74) is 3.84. The highest BCUT2D eigenvalue weighted by Gasteiger charge is 2.29. The van der Waals surface area contributed by atoms with Gasteiger partial charge in [0.05, 0.1) is 12.1 Å². The summed E-state index contributed by atoms with van der Waals surface area (Å²) in [6.07, 6.45) is 2.91. The molecular formula is C34H42N2O6S. The number of rotatable bonds is 13. The van der Waals surface area contributed by atoms with Gasteiger partial charge in [-0.3, -0.25) is 9.59 Å². The number of hydrogen-bond acceptors (Lipinski definition) is 7. The van der Waals surface area contributed by atoms with Gasteiger partial charge in [-0.15, -0.1) is 11.3 Å². The summed E-state index contributed by atoms with van der Waals surface area (Å²) in [5.74, 6) is 0.570. The smallest absolute Gasteiger partial charge is 0.347 e. The van der Waals surface area contributed by atoms with E-state index in [0.29, 0.717) is 28.0 Å². The molecule has 2 amide bonds. The van der Waals surface area contributed by atoms with Crippen molar-refractivity contribution in [1.82, 2.24) is 5.32 Å². The molecule has 0 bridgehead atoms. The van der Waals surface area contributed by atoms with Gasteiger partial charge in [-0.1, -0.05) is 45.0 Å². The van der Waals surface area contributed by atoms with Crippen molar-refractivity contribution in [2.75, 3.05) is 18.5 Å². The van der Waals surface area contributed by atoms with Crippen LogP contribution < -0.4 is 20.1 Å². The zero-order chi connectivity index (χ0) is 30.9. The molecule has 2 N–H and O–H groups in total. The van der Waals surface area contributed by atoms with Gasteiger partial charge in [-0.2, -0.15) is 0 Å². The number of carbonyl (C=O) groups excluding carboxylic acids is 3. The molecule has 0 saturated carbocycles. The summed E-state index contributed by atoms with van der Waals surface area (Å²) >= 11 is 1.45. The fourth-order valence-corrected chi connectivity index (χ4v) is 6.34. The third-order valence-electron chi connectivity index (χ3n) is 7.60. The van der Waals surface area contributed by atoms with Crippen molar-refractivity contribution in [1.29, 1.82) is 0 Å². The van der Waals surface area contributed by atoms with E-state index in [0.717, 1.165) is 42.5 Å². The third kappa shape index (κ3) is 8.60. The van der Waals surface area contributed by atoms with E-state index in [-0.39, 0.29) is 25.0 Å². The Morgan fingerprint density at radius 3 is 2.07 bits per heavy atom. The fraction of sp³-hybridized carbons (Fsp3) is 0.441. The highest BCUT2D eigenvalue weighted by molar-refractivity contribution is 7.17. The second-order valence-corrected chi connectivity index (χ2v) is 12.1. The first-order valence-electron chi connectivity index (χ1n) is 15.1. The molecule has 2 aromatic carbocycles. The molecule has 1 aliphatic rings. The predicted molar refractivity (Wildman–Crippen MR) is 169 cm³/mol. The Kier molecular flexibility index (Phi) is 11.2. The molecule has 8 nitrogen and oxygen atoms in total. The minimum absolute atomic E-state index is 0.000203. The first kappa shape index (κ1) is 32.1. The maximum atomic E-state index is 13.4. The molecule has 1 aromatic heterocycles. The van der Waals surface area contributed by atoms with Gasteiger partial charge >= 0.3 is 5.97 Å². The Hall–Kier alpha value is -3.85. The van der Waals surface area contributed by atoms with E-state index in [1.165, 1.54) is 22.5 Å². The predicted octanol–water partition coefficient (Wildman–Crippen LogP) is 6.14. The molecule has 0 fully saturated rings. The molecule has 43 heavy (non-hydrogen) atoms. The van der Waals surface area contributed by atoms with Crippen LogP contribution >= 0.6 is 11.3 Å². The second-order valence-electron chi connectivity index (χ2n) is 11.0. The number of amides is 2. The summed E-state index contributed by atoms with van der Waals surface area (Å²) in [6.45, 7) is 9.80. The first-order chi connectivity index (χ1) is 20.7. The van der Waals surface area contributed by atoms with Crippen LogP contribution in [0.2, 0.25) is 0 Å². The molecule has 0 radical (unpaired) electrons. The summed E-state index contributed by atoms with van der Waals surface area (Å²) in [5, 5.41) is 6.34. The minimum Gasteiger partial charge on any atom is -0.481 e. The largest absolute Gasteiger partial charge is 0.481 e. The lowest BCUT2D eigenvalue weighted by molar-refractivity contribution is -0.150. The standard InChI is InChI=1S/C34H42N2O6S/c1-6-24-9-13-26(14-10-24)41-22(4)31(37)36-33-30(28-17-8-21(3)20-29(28)43-33)32(38)35-18-19-40-34(39)23(5)42-27-15-11-25(7-2)12-16-27/h9-16,21-23H,6-8,17-20H2,1-5H3,(H,35,38)(H,36,37). The highest BCUT2D eigenvalue weighted by atomic mass is 32.1. The van der Waals surface area contributed by atoms with Gasteiger partial charge < -0.3 is 24.8 Å². The van der Waals surface area contributed by atoms with Crippen LogP contribution in [0.25, 0.3) is 0 Å². The molecule has 1 heterocycles. The Morgan fingerprint density at radius 1 is 0.907 bits per heavy atom. The van der Waals surface area contributed by atoms with E-state index in [1.54, 1.807) is 13.8 Å². The van der Waals surface area contributed by atoms with Gasteiger partial charge in [0.2, 0.25) is 0 Å². The first-order valence-corrected chi connectivity index (χ1v) is 15.9. The van der Waals surface area contributed by atoms with Crippen LogP contribution in [-0.2, 0) is 40.0 Å². The molecular weight excluding hydrogens is 564 g/mol. The van der Waals surface area contributed by atoms with Crippen LogP contribution in [0.15, 0.2) is 48.5 Å². The van der Waals surface area contributed by atoms with Gasteiger partial charge in [0.1, 0.15) is 23.1 Å². The maximum Gasteiger partial charge on any atom is 0.347 e. The molecule has 0 saturated heterocycles. The van der Waals surface area contributed by atoms with Crippen molar-refractivity contribution in [3.63, 3.8) is 0 Å². The van der Waals surface area contributed by atoms with Crippen LogP contribution in [0.1, 0.15) is 73.0 Å². The van der Waals surface area contributed by atoms with Crippen LogP contribution in [0.5, 0.6) is 11.5 Å². The number of hydrogen-bond donors (Lipinski definition) is 2. The molecule has 3 aromatic rings. The highest BCUT2D eigenvalue weighted by Crippen LogP contribution is 2.39. The molecule has 9 heteroatoms. The molecule has 0 spiro atoms. The molecule has 3 atom stereocenters. The maximum absolute atomic E-state index is 13.4. The van der Waals surface area contributed by atoms with Gasteiger partial charge in [0.15, 0.2) is 12.2 Å². The fourth-order valence-electron chi connectivity index (χ4n) is 4.93. The van der Waals surface area contributed by atoms with E-state index in [1.807, 2.05) is 48.5 Å². The van der Waals surface area contributed by atoms with Crippen LogP contribution in [0.4, 0.5) is 5.00 Å². The van der Waals surface area contributed by atoms with Gasteiger partial charge in [-0.05, 0) is 92.8 Å². The summed E-state index contributed by atoms with van der Waals surface area (Å²) in [7, 11) is 0. The Labute approximate surface area is 258 Å². The monoisotopic (exact) mass is 606 g/mol. The lowest BCUT2D eigenvalue weighted by Crippen LogP contribution is -2.33. The van der Waals surface area contributed by atoms with Crippen molar-refractivity contribution < 1.29 is 28.6 Å². The number of benzene rings is 2. The van der Waals surface area contributed by atoms with E-state index in [2.05, 4.69) is 31.4 Å². The normalized spacial score (nSPS) is 15.5. The average molecular weight is 607 g/mol. The molecule has 4 rings (SSSR count). The number of aryl methyl sites for hydroxylation is 2. The van der Waals surface area contributed by atoms with Crippen molar-refractivity contribution in [2.45, 2.75) is 78.9 Å². The SMILES string of the molecule is CCc1ccc(OC(C)C(=O)Nc2sc3c(c2C(=O)NCCOC(=O)C(C)Oc2ccc(CC)cc2)CCC(C)C3)cc1. The lowest BCUT2D eigenvalue weighted by Gasteiger charge is -2.19. The summed E-state index contributed by atoms with van der Waals surface area (Å²) in [6, 6.07) is 15.3. The van der Waals surface area contributed by atoms with Crippen molar-refractivity contribution in [3.05, 3.63) is 75.7 Å². The summed E-state index contributed by atoms with van der Waals surface area (Å²) in [4.78, 5) is 40.1. The number of fused-ring (bicyclic) bond motifs is 1. The van der Waals surface area contributed by atoms with Crippen LogP contribution in [0, 0.1) is 5.92 Å². The molecule has 230 valence electrons. The Morgan fingerprint density at radius 2 is 1.49 bits per heavy atom. The second kappa shape index (κ2) is 15.0. The van der Waals surface area contributed by atoms with Crippen molar-refractivity contribution in [3.8, 4) is 11.5 Å². The van der Waals surface area contributed by atoms with E-state index in [4.69, 9.17) is 14.2 Å². The topological polar surface area (TPSA) is 103 Å². The van der Waals surface area contributed by atoms with Crippen LogP contribution in [0.3, 0.4) is 0 Å². The minimum atomic E-state index is -0.787. The Bertz CT molecular complexity index is 1400. The van der Waals surface area contributed by atoms with E-state index >= 15 is 0 Å². The quantitative estimate of drug-likeness (QED) is 0.179. The van der Waals surface area contributed by atoms with Gasteiger partial charge in [-0.25, -0.2) is 4.79 Å². The third-order valence-corrected chi connectivity index (χ3v) is 8.77. The zero-order valence-electron chi connectivity index (χ0n) is 25.7.